The van der Waals surface area contributed by atoms with Crippen molar-refractivity contribution in [3.05, 3.63) is 46.2 Å². The van der Waals surface area contributed by atoms with Gasteiger partial charge in [0.1, 0.15) is 6.33 Å². The summed E-state index contributed by atoms with van der Waals surface area (Å²) in [6, 6.07) is 4.38. The highest BCUT2D eigenvalue weighted by molar-refractivity contribution is 7.10. The highest BCUT2D eigenvalue weighted by Gasteiger charge is 2.25. The van der Waals surface area contributed by atoms with Crippen LogP contribution in [0.5, 0.6) is 0 Å². The number of thiophene rings is 1. The van der Waals surface area contributed by atoms with Gasteiger partial charge in [-0.25, -0.2) is 9.97 Å². The second-order valence-electron chi connectivity index (χ2n) is 4.48. The van der Waals surface area contributed by atoms with Crippen LogP contribution in [0.25, 0.3) is 0 Å². The Labute approximate surface area is 110 Å². The molecule has 0 bridgehead atoms. The molecule has 0 aromatic carbocycles. The van der Waals surface area contributed by atoms with Crippen molar-refractivity contribution in [2.45, 2.75) is 19.0 Å². The van der Waals surface area contributed by atoms with E-state index in [1.807, 2.05) is 17.4 Å². The number of aromatic nitrogens is 2. The smallest absolute Gasteiger partial charge is 0.115 e. The molecule has 2 aromatic heterocycles. The Morgan fingerprint density at radius 3 is 3.17 bits per heavy atom. The Balaban J connectivity index is 1.82. The highest BCUT2D eigenvalue weighted by atomic mass is 32.1. The van der Waals surface area contributed by atoms with Gasteiger partial charge in [-0.3, -0.25) is 4.90 Å². The maximum Gasteiger partial charge on any atom is 0.115 e. The van der Waals surface area contributed by atoms with Crippen LogP contribution in [0.3, 0.4) is 0 Å². The van der Waals surface area contributed by atoms with Gasteiger partial charge in [0.2, 0.25) is 0 Å². The number of fused-ring (bicyclic) bond motifs is 1. The second-order valence-corrected chi connectivity index (χ2v) is 5.48. The van der Waals surface area contributed by atoms with Crippen molar-refractivity contribution in [2.75, 3.05) is 13.1 Å². The maximum absolute atomic E-state index is 5.93. The van der Waals surface area contributed by atoms with Gasteiger partial charge < -0.3 is 5.73 Å². The number of nitrogens with zero attached hydrogens (tertiary/aromatic N) is 3. The topological polar surface area (TPSA) is 55.0 Å². The molecule has 1 aliphatic heterocycles. The molecule has 0 amide bonds. The summed E-state index contributed by atoms with van der Waals surface area (Å²) >= 11 is 1.86. The lowest BCUT2D eigenvalue weighted by molar-refractivity contribution is 0.181. The van der Waals surface area contributed by atoms with E-state index in [-0.39, 0.29) is 6.04 Å². The fourth-order valence-corrected chi connectivity index (χ4v) is 3.38. The summed E-state index contributed by atoms with van der Waals surface area (Å²) in [5.41, 5.74) is 8.39. The van der Waals surface area contributed by atoms with Gasteiger partial charge in [0.15, 0.2) is 0 Å². The molecule has 1 unspecified atom stereocenters. The molecule has 0 spiro atoms. The Bertz CT molecular complexity index is 511. The van der Waals surface area contributed by atoms with Crippen LogP contribution < -0.4 is 5.73 Å². The van der Waals surface area contributed by atoms with Gasteiger partial charge in [-0.15, -0.1) is 11.3 Å². The van der Waals surface area contributed by atoms with E-state index >= 15 is 0 Å². The van der Waals surface area contributed by atoms with Crippen molar-refractivity contribution >= 4 is 11.3 Å². The molecule has 0 radical (unpaired) electrons. The summed E-state index contributed by atoms with van der Waals surface area (Å²) in [5, 5.41) is 2.18. The average molecular weight is 260 g/mol. The molecule has 18 heavy (non-hydrogen) atoms. The van der Waals surface area contributed by atoms with Crippen LogP contribution in [0.1, 0.15) is 22.2 Å². The Morgan fingerprint density at radius 2 is 2.39 bits per heavy atom. The largest absolute Gasteiger partial charge is 0.329 e. The SMILES string of the molecule is NCC(c1ccncn1)N1CCc2sccc2C1. The third kappa shape index (κ3) is 2.16. The van der Waals surface area contributed by atoms with Gasteiger partial charge in [0.05, 0.1) is 11.7 Å². The lowest BCUT2D eigenvalue weighted by Gasteiger charge is -2.33. The molecule has 2 N–H and O–H groups in total. The van der Waals surface area contributed by atoms with E-state index in [0.29, 0.717) is 6.54 Å². The van der Waals surface area contributed by atoms with E-state index in [0.717, 1.165) is 25.2 Å². The first-order valence-corrected chi connectivity index (χ1v) is 7.01. The first-order valence-electron chi connectivity index (χ1n) is 6.13. The van der Waals surface area contributed by atoms with Crippen molar-refractivity contribution in [1.29, 1.82) is 0 Å². The quantitative estimate of drug-likeness (QED) is 0.910. The fraction of sp³-hybridized carbons (Fsp3) is 0.385. The van der Waals surface area contributed by atoms with E-state index in [1.54, 1.807) is 12.5 Å². The van der Waals surface area contributed by atoms with E-state index in [9.17, 15) is 0 Å². The number of hydrogen-bond donors (Lipinski definition) is 1. The lowest BCUT2D eigenvalue weighted by atomic mass is 10.1. The molecule has 94 valence electrons. The first kappa shape index (κ1) is 11.8. The summed E-state index contributed by atoms with van der Waals surface area (Å²) < 4.78 is 0. The molecule has 5 heteroatoms. The summed E-state index contributed by atoms with van der Waals surface area (Å²) in [6.07, 6.45) is 4.50. The predicted octanol–water partition coefficient (Wildman–Crippen LogP) is 1.60. The van der Waals surface area contributed by atoms with E-state index in [1.165, 1.54) is 10.4 Å². The summed E-state index contributed by atoms with van der Waals surface area (Å²) in [4.78, 5) is 12.2. The monoisotopic (exact) mass is 260 g/mol. The van der Waals surface area contributed by atoms with Gasteiger partial charge in [-0.2, -0.15) is 0 Å². The zero-order chi connectivity index (χ0) is 12.4. The lowest BCUT2D eigenvalue weighted by Crippen LogP contribution is -2.37. The molecule has 4 nitrogen and oxygen atoms in total. The molecule has 1 aliphatic rings. The van der Waals surface area contributed by atoms with E-state index in [4.69, 9.17) is 5.73 Å². The van der Waals surface area contributed by atoms with E-state index in [2.05, 4.69) is 26.3 Å². The van der Waals surface area contributed by atoms with Crippen molar-refractivity contribution in [3.63, 3.8) is 0 Å². The maximum atomic E-state index is 5.93. The van der Waals surface area contributed by atoms with Crippen molar-refractivity contribution in [2.24, 2.45) is 5.73 Å². The number of nitrogens with two attached hydrogens (primary N) is 1. The molecular formula is C13H16N4S. The minimum atomic E-state index is 0.195. The molecular weight excluding hydrogens is 244 g/mol. The van der Waals surface area contributed by atoms with Gasteiger partial charge in [0.25, 0.3) is 0 Å². The molecule has 0 saturated heterocycles. The zero-order valence-corrected chi connectivity index (χ0v) is 10.9. The normalized spacial score (nSPS) is 17.4. The van der Waals surface area contributed by atoms with Crippen LogP contribution in [0, 0.1) is 0 Å². The fourth-order valence-electron chi connectivity index (χ4n) is 2.49. The van der Waals surface area contributed by atoms with Crippen molar-refractivity contribution < 1.29 is 0 Å². The van der Waals surface area contributed by atoms with Crippen LogP contribution in [0.15, 0.2) is 30.0 Å². The molecule has 1 atom stereocenters. The minimum absolute atomic E-state index is 0.195. The summed E-state index contributed by atoms with van der Waals surface area (Å²) in [5.74, 6) is 0. The molecule has 0 aliphatic carbocycles. The molecule has 0 fully saturated rings. The average Bonchev–Trinajstić information content (AvgIpc) is 2.88. The van der Waals surface area contributed by atoms with Crippen LogP contribution >= 0.6 is 11.3 Å². The van der Waals surface area contributed by atoms with Crippen molar-refractivity contribution in [3.8, 4) is 0 Å². The third-order valence-electron chi connectivity index (χ3n) is 3.45. The van der Waals surface area contributed by atoms with Gasteiger partial charge in [-0.05, 0) is 29.5 Å². The van der Waals surface area contributed by atoms with Gasteiger partial charge in [0, 0.05) is 30.7 Å². The van der Waals surface area contributed by atoms with Crippen LogP contribution in [-0.4, -0.2) is 28.0 Å². The molecule has 3 rings (SSSR count). The summed E-state index contributed by atoms with van der Waals surface area (Å²) in [7, 11) is 0. The second kappa shape index (κ2) is 5.14. The first-order chi connectivity index (χ1) is 8.88. The minimum Gasteiger partial charge on any atom is -0.329 e. The summed E-state index contributed by atoms with van der Waals surface area (Å²) in [6.45, 7) is 2.63. The van der Waals surface area contributed by atoms with Crippen molar-refractivity contribution in [1.82, 2.24) is 14.9 Å². The molecule has 2 aromatic rings. The van der Waals surface area contributed by atoms with Crippen LogP contribution in [0.4, 0.5) is 0 Å². The molecule has 3 heterocycles. The van der Waals surface area contributed by atoms with Gasteiger partial charge >= 0.3 is 0 Å². The third-order valence-corrected chi connectivity index (χ3v) is 4.47. The van der Waals surface area contributed by atoms with Crippen LogP contribution in [-0.2, 0) is 13.0 Å². The Hall–Kier alpha value is -1.30. The highest BCUT2D eigenvalue weighted by Crippen LogP contribution is 2.28. The Morgan fingerprint density at radius 1 is 1.44 bits per heavy atom. The Kier molecular flexibility index (Phi) is 3.36. The van der Waals surface area contributed by atoms with Gasteiger partial charge in [-0.1, -0.05) is 0 Å². The number of hydrogen-bond acceptors (Lipinski definition) is 5. The molecule has 0 saturated carbocycles. The van der Waals surface area contributed by atoms with Crippen LogP contribution in [0.2, 0.25) is 0 Å². The number of rotatable bonds is 3. The van der Waals surface area contributed by atoms with E-state index < -0.39 is 0 Å². The predicted molar refractivity (Wildman–Crippen MR) is 72.3 cm³/mol. The standard InChI is InChI=1S/C13H16N4S/c14-7-12(11-1-4-15-9-16-11)17-5-2-13-10(8-17)3-6-18-13/h1,3-4,6,9,12H,2,5,7-8,14H2. The zero-order valence-electron chi connectivity index (χ0n) is 10.1.